The molecule has 3 nitrogen and oxygen atoms in total. The summed E-state index contributed by atoms with van der Waals surface area (Å²) in [5.74, 6) is -2.88. The molecule has 104 valence electrons. The van der Waals surface area contributed by atoms with Gasteiger partial charge in [0.1, 0.15) is 0 Å². The van der Waals surface area contributed by atoms with Gasteiger partial charge in [0.2, 0.25) is 0 Å². The molecule has 0 aliphatic heterocycles. The SMILES string of the molecule is CCCCCCCCC(CCCC)C(O)(O)O. The van der Waals surface area contributed by atoms with Gasteiger partial charge in [0.05, 0.1) is 0 Å². The van der Waals surface area contributed by atoms with Crippen molar-refractivity contribution < 1.29 is 15.3 Å². The largest absolute Gasteiger partial charge is 0.343 e. The van der Waals surface area contributed by atoms with Crippen LogP contribution in [0, 0.1) is 5.92 Å². The Balaban J connectivity index is 3.69. The number of aliphatic hydroxyl groups is 3. The zero-order valence-electron chi connectivity index (χ0n) is 11.5. The van der Waals surface area contributed by atoms with Crippen LogP contribution in [-0.4, -0.2) is 21.3 Å². The molecule has 0 rings (SSSR count). The number of hydrogen-bond acceptors (Lipinski definition) is 3. The van der Waals surface area contributed by atoms with E-state index in [4.69, 9.17) is 0 Å². The highest BCUT2D eigenvalue weighted by Gasteiger charge is 2.30. The molecule has 0 radical (unpaired) electrons. The summed E-state index contributed by atoms with van der Waals surface area (Å²) < 4.78 is 0. The summed E-state index contributed by atoms with van der Waals surface area (Å²) in [4.78, 5) is 0. The first kappa shape index (κ1) is 16.9. The third-order valence-corrected chi connectivity index (χ3v) is 3.36. The monoisotopic (exact) mass is 246 g/mol. The van der Waals surface area contributed by atoms with E-state index in [0.29, 0.717) is 12.8 Å². The van der Waals surface area contributed by atoms with E-state index in [1.165, 1.54) is 25.7 Å². The normalized spacial score (nSPS) is 13.9. The van der Waals surface area contributed by atoms with E-state index in [-0.39, 0.29) is 0 Å². The second kappa shape index (κ2) is 9.86. The maximum Gasteiger partial charge on any atom is 0.278 e. The average molecular weight is 246 g/mol. The van der Waals surface area contributed by atoms with Crippen LogP contribution in [0.15, 0.2) is 0 Å². The van der Waals surface area contributed by atoms with Gasteiger partial charge in [0.15, 0.2) is 0 Å². The maximum atomic E-state index is 9.26. The van der Waals surface area contributed by atoms with Crippen LogP contribution in [0.25, 0.3) is 0 Å². The molecule has 0 saturated heterocycles. The van der Waals surface area contributed by atoms with Crippen molar-refractivity contribution in [2.24, 2.45) is 5.92 Å². The van der Waals surface area contributed by atoms with E-state index >= 15 is 0 Å². The topological polar surface area (TPSA) is 60.7 Å². The molecule has 0 amide bonds. The number of hydrogen-bond donors (Lipinski definition) is 3. The van der Waals surface area contributed by atoms with Gasteiger partial charge in [-0.3, -0.25) is 0 Å². The van der Waals surface area contributed by atoms with Crippen molar-refractivity contribution in [1.29, 1.82) is 0 Å². The molecule has 0 aliphatic rings. The van der Waals surface area contributed by atoms with Gasteiger partial charge in [0, 0.05) is 5.92 Å². The van der Waals surface area contributed by atoms with E-state index < -0.39 is 11.9 Å². The van der Waals surface area contributed by atoms with Gasteiger partial charge in [-0.05, 0) is 12.8 Å². The van der Waals surface area contributed by atoms with E-state index in [0.717, 1.165) is 25.7 Å². The highest BCUT2D eigenvalue weighted by Crippen LogP contribution is 2.25. The first-order chi connectivity index (χ1) is 8.02. The Morgan fingerprint density at radius 3 is 1.71 bits per heavy atom. The fourth-order valence-electron chi connectivity index (χ4n) is 2.15. The van der Waals surface area contributed by atoms with Crippen LogP contribution >= 0.6 is 0 Å². The van der Waals surface area contributed by atoms with Gasteiger partial charge in [-0.1, -0.05) is 65.2 Å². The average Bonchev–Trinajstić information content (AvgIpc) is 2.25. The predicted molar refractivity (Wildman–Crippen MR) is 70.4 cm³/mol. The van der Waals surface area contributed by atoms with Crippen molar-refractivity contribution in [3.8, 4) is 0 Å². The van der Waals surface area contributed by atoms with E-state index in [1.807, 2.05) is 0 Å². The van der Waals surface area contributed by atoms with Crippen molar-refractivity contribution in [1.82, 2.24) is 0 Å². The van der Waals surface area contributed by atoms with Gasteiger partial charge < -0.3 is 15.3 Å². The van der Waals surface area contributed by atoms with Crippen LogP contribution < -0.4 is 0 Å². The molecule has 0 bridgehead atoms. The second-order valence-electron chi connectivity index (χ2n) is 5.08. The number of rotatable bonds is 11. The summed E-state index contributed by atoms with van der Waals surface area (Å²) in [7, 11) is 0. The molecule has 0 aliphatic carbocycles. The molecular weight excluding hydrogens is 216 g/mol. The molecule has 0 heterocycles. The van der Waals surface area contributed by atoms with Crippen molar-refractivity contribution in [3.05, 3.63) is 0 Å². The fourth-order valence-corrected chi connectivity index (χ4v) is 2.15. The molecular formula is C14H30O3. The van der Waals surface area contributed by atoms with Crippen LogP contribution in [0.2, 0.25) is 0 Å². The first-order valence-corrected chi connectivity index (χ1v) is 7.19. The Morgan fingerprint density at radius 1 is 0.706 bits per heavy atom. The van der Waals surface area contributed by atoms with Gasteiger partial charge >= 0.3 is 0 Å². The van der Waals surface area contributed by atoms with Crippen molar-refractivity contribution >= 4 is 0 Å². The summed E-state index contributed by atoms with van der Waals surface area (Å²) in [6, 6.07) is 0. The predicted octanol–water partition coefficient (Wildman–Crippen LogP) is 3.17. The third kappa shape index (κ3) is 9.57. The standard InChI is InChI=1S/C14H30O3/c1-3-5-7-8-9-10-12-13(11-6-4-2)14(15,16)17/h13,15-17H,3-12H2,1-2H3. The molecule has 0 saturated carbocycles. The van der Waals surface area contributed by atoms with Crippen molar-refractivity contribution in [2.75, 3.05) is 0 Å². The lowest BCUT2D eigenvalue weighted by Gasteiger charge is -2.25. The molecule has 0 aromatic carbocycles. The van der Waals surface area contributed by atoms with Gasteiger partial charge in [-0.15, -0.1) is 0 Å². The van der Waals surface area contributed by atoms with E-state index in [1.54, 1.807) is 0 Å². The quantitative estimate of drug-likeness (QED) is 0.387. The first-order valence-electron chi connectivity index (χ1n) is 7.19. The molecule has 1 unspecified atom stereocenters. The summed E-state index contributed by atoms with van der Waals surface area (Å²) in [6.07, 6.45) is 10.4. The van der Waals surface area contributed by atoms with Crippen LogP contribution in [0.3, 0.4) is 0 Å². The molecule has 1 atom stereocenters. The smallest absolute Gasteiger partial charge is 0.278 e. The van der Waals surface area contributed by atoms with Crippen LogP contribution in [0.1, 0.15) is 78.1 Å². The van der Waals surface area contributed by atoms with E-state index in [9.17, 15) is 15.3 Å². The zero-order valence-corrected chi connectivity index (χ0v) is 11.5. The molecule has 0 aromatic rings. The van der Waals surface area contributed by atoms with Crippen molar-refractivity contribution in [3.63, 3.8) is 0 Å². The highest BCUT2D eigenvalue weighted by molar-refractivity contribution is 4.66. The molecule has 0 spiro atoms. The van der Waals surface area contributed by atoms with Crippen molar-refractivity contribution in [2.45, 2.75) is 84.0 Å². The second-order valence-corrected chi connectivity index (χ2v) is 5.08. The highest BCUT2D eigenvalue weighted by atomic mass is 16.7. The van der Waals surface area contributed by atoms with Gasteiger partial charge in [-0.25, -0.2) is 0 Å². The molecule has 3 heteroatoms. The minimum atomic E-state index is -2.49. The lowest BCUT2D eigenvalue weighted by molar-refractivity contribution is -0.344. The van der Waals surface area contributed by atoms with Gasteiger partial charge in [0.25, 0.3) is 5.97 Å². The fraction of sp³-hybridized carbons (Fsp3) is 1.00. The molecule has 3 N–H and O–H groups in total. The molecule has 0 aromatic heterocycles. The minimum absolute atomic E-state index is 0.395. The summed E-state index contributed by atoms with van der Waals surface area (Å²) in [5, 5.41) is 27.8. The number of unbranched alkanes of at least 4 members (excludes halogenated alkanes) is 6. The Bertz CT molecular complexity index is 163. The molecule has 17 heavy (non-hydrogen) atoms. The Morgan fingerprint density at radius 2 is 1.18 bits per heavy atom. The van der Waals surface area contributed by atoms with Crippen LogP contribution in [0.4, 0.5) is 0 Å². The van der Waals surface area contributed by atoms with Crippen LogP contribution in [-0.2, 0) is 0 Å². The summed E-state index contributed by atoms with van der Waals surface area (Å²) >= 11 is 0. The summed E-state index contributed by atoms with van der Waals surface area (Å²) in [6.45, 7) is 4.26. The Hall–Kier alpha value is -0.120. The van der Waals surface area contributed by atoms with Gasteiger partial charge in [-0.2, -0.15) is 0 Å². The lowest BCUT2D eigenvalue weighted by atomic mass is 9.93. The van der Waals surface area contributed by atoms with Crippen LogP contribution in [0.5, 0.6) is 0 Å². The summed E-state index contributed by atoms with van der Waals surface area (Å²) in [5.41, 5.74) is 0. The Kier molecular flexibility index (Phi) is 9.79. The minimum Gasteiger partial charge on any atom is -0.343 e. The lowest BCUT2D eigenvalue weighted by Crippen LogP contribution is -2.37. The maximum absolute atomic E-state index is 9.26. The third-order valence-electron chi connectivity index (χ3n) is 3.36. The molecule has 0 fully saturated rings. The van der Waals surface area contributed by atoms with E-state index in [2.05, 4.69) is 13.8 Å². The zero-order chi connectivity index (χ0) is 13.1. The Labute approximate surface area is 106 Å².